The van der Waals surface area contributed by atoms with Crippen LogP contribution in [0.15, 0.2) is 42.9 Å². The Balaban J connectivity index is 1.65. The van der Waals surface area contributed by atoms with Crippen molar-refractivity contribution >= 4 is 28.5 Å². The highest BCUT2D eigenvalue weighted by Crippen LogP contribution is 2.22. The lowest BCUT2D eigenvalue weighted by atomic mass is 10.1. The number of nitrogens with zero attached hydrogens (tertiary/aromatic N) is 3. The van der Waals surface area contributed by atoms with E-state index in [0.29, 0.717) is 18.5 Å². The molecule has 3 aromatic rings. The number of amides is 1. The second-order valence-electron chi connectivity index (χ2n) is 6.87. The molecule has 1 aromatic carbocycles. The molecule has 0 bridgehead atoms. The van der Waals surface area contributed by atoms with Crippen LogP contribution in [0.1, 0.15) is 25.8 Å². The van der Waals surface area contributed by atoms with Crippen LogP contribution in [0.4, 0.5) is 5.69 Å². The number of nitrogens with one attached hydrogen (secondary N) is 1. The molecule has 2 aromatic heterocycles. The highest BCUT2D eigenvalue weighted by atomic mass is 16.4. The summed E-state index contributed by atoms with van der Waals surface area (Å²) in [6, 6.07) is 8.09. The van der Waals surface area contributed by atoms with Crippen LogP contribution in [0.2, 0.25) is 0 Å². The number of carboxylic acids is 1. The van der Waals surface area contributed by atoms with Crippen LogP contribution in [-0.4, -0.2) is 31.3 Å². The predicted molar refractivity (Wildman–Crippen MR) is 99.1 cm³/mol. The topological polar surface area (TPSA) is 89.2 Å². The minimum absolute atomic E-state index is 0.134. The molecular formula is C19H22N4O3. The molecule has 0 radical (unpaired) electrons. The number of hydrogen-bond acceptors (Lipinski definition) is 3. The average molecular weight is 354 g/mol. The maximum atomic E-state index is 12.3. The van der Waals surface area contributed by atoms with Crippen molar-refractivity contribution in [2.45, 2.75) is 32.2 Å². The minimum atomic E-state index is -1.17. The summed E-state index contributed by atoms with van der Waals surface area (Å²) in [7, 11) is 1.99. The molecule has 0 unspecified atom stereocenters. The van der Waals surface area contributed by atoms with Crippen LogP contribution in [0.25, 0.3) is 10.9 Å². The van der Waals surface area contributed by atoms with Crippen molar-refractivity contribution in [1.82, 2.24) is 14.3 Å². The number of carboxylic acid groups (broad SMARTS) is 1. The third-order valence-corrected chi connectivity index (χ3v) is 4.56. The SMILES string of the molecule is Cn1cc(CCC(=O)Nc2cnn(C(C)(C)C(=O)O)c2)c2ccccc21. The normalized spacial score (nSPS) is 11.7. The first-order valence-corrected chi connectivity index (χ1v) is 8.40. The minimum Gasteiger partial charge on any atom is -0.479 e. The van der Waals surface area contributed by atoms with Gasteiger partial charge in [0.2, 0.25) is 5.91 Å². The molecule has 136 valence electrons. The molecule has 2 N–H and O–H groups in total. The van der Waals surface area contributed by atoms with Crippen molar-refractivity contribution in [3.05, 3.63) is 48.4 Å². The Kier molecular flexibility index (Phi) is 4.54. The lowest BCUT2D eigenvalue weighted by Crippen LogP contribution is -2.35. The predicted octanol–water partition coefficient (Wildman–Crippen LogP) is 2.77. The summed E-state index contributed by atoms with van der Waals surface area (Å²) in [5.41, 5.74) is 1.58. The lowest BCUT2D eigenvalue weighted by Gasteiger charge is -2.19. The van der Waals surface area contributed by atoms with Gasteiger partial charge in [-0.1, -0.05) is 18.2 Å². The van der Waals surface area contributed by atoms with Gasteiger partial charge in [0.25, 0.3) is 0 Å². The third kappa shape index (κ3) is 3.33. The van der Waals surface area contributed by atoms with E-state index < -0.39 is 11.5 Å². The maximum Gasteiger partial charge on any atom is 0.331 e. The van der Waals surface area contributed by atoms with Crippen molar-refractivity contribution in [3.8, 4) is 0 Å². The Hall–Kier alpha value is -3.09. The molecule has 2 heterocycles. The number of hydrogen-bond donors (Lipinski definition) is 2. The number of aliphatic carboxylic acids is 1. The van der Waals surface area contributed by atoms with Crippen LogP contribution < -0.4 is 5.32 Å². The number of aromatic nitrogens is 3. The van der Waals surface area contributed by atoms with Gasteiger partial charge >= 0.3 is 5.97 Å². The van der Waals surface area contributed by atoms with Gasteiger partial charge in [0.1, 0.15) is 0 Å². The highest BCUT2D eigenvalue weighted by Gasteiger charge is 2.30. The Morgan fingerprint density at radius 1 is 1.23 bits per heavy atom. The van der Waals surface area contributed by atoms with Crippen LogP contribution in [0.3, 0.4) is 0 Å². The number of para-hydroxylation sites is 1. The van der Waals surface area contributed by atoms with Crippen molar-refractivity contribution in [2.75, 3.05) is 5.32 Å². The number of anilines is 1. The third-order valence-electron chi connectivity index (χ3n) is 4.56. The fourth-order valence-electron chi connectivity index (χ4n) is 2.89. The van der Waals surface area contributed by atoms with Gasteiger partial charge in [-0.05, 0) is 31.9 Å². The molecule has 26 heavy (non-hydrogen) atoms. The fourth-order valence-corrected chi connectivity index (χ4v) is 2.89. The first-order valence-electron chi connectivity index (χ1n) is 8.40. The van der Waals surface area contributed by atoms with Gasteiger partial charge in [-0.2, -0.15) is 5.10 Å². The Morgan fingerprint density at radius 2 is 1.96 bits per heavy atom. The zero-order chi connectivity index (χ0) is 18.9. The van der Waals surface area contributed by atoms with Gasteiger partial charge in [0.05, 0.1) is 11.9 Å². The number of fused-ring (bicyclic) bond motifs is 1. The maximum absolute atomic E-state index is 12.3. The number of rotatable bonds is 6. The van der Waals surface area contributed by atoms with Crippen molar-refractivity contribution in [2.24, 2.45) is 7.05 Å². The summed E-state index contributed by atoms with van der Waals surface area (Å²) in [4.78, 5) is 23.5. The van der Waals surface area contributed by atoms with Gasteiger partial charge in [0, 0.05) is 36.8 Å². The van der Waals surface area contributed by atoms with Crippen molar-refractivity contribution < 1.29 is 14.7 Å². The largest absolute Gasteiger partial charge is 0.479 e. The van der Waals surface area contributed by atoms with Crippen LogP contribution >= 0.6 is 0 Å². The lowest BCUT2D eigenvalue weighted by molar-refractivity contribution is -0.146. The zero-order valence-corrected chi connectivity index (χ0v) is 15.1. The van der Waals surface area contributed by atoms with E-state index in [-0.39, 0.29) is 5.91 Å². The van der Waals surface area contributed by atoms with E-state index in [0.717, 1.165) is 16.5 Å². The second-order valence-corrected chi connectivity index (χ2v) is 6.87. The van der Waals surface area contributed by atoms with Gasteiger partial charge < -0.3 is 15.0 Å². The summed E-state index contributed by atoms with van der Waals surface area (Å²) in [5.74, 6) is -1.12. The van der Waals surface area contributed by atoms with E-state index >= 15 is 0 Å². The van der Waals surface area contributed by atoms with Gasteiger partial charge in [-0.3, -0.25) is 9.48 Å². The molecule has 7 heteroatoms. The van der Waals surface area contributed by atoms with E-state index in [1.807, 2.05) is 25.4 Å². The first-order chi connectivity index (χ1) is 12.3. The molecule has 0 aliphatic heterocycles. The zero-order valence-electron chi connectivity index (χ0n) is 15.1. The van der Waals surface area contributed by atoms with Crippen molar-refractivity contribution in [1.29, 1.82) is 0 Å². The highest BCUT2D eigenvalue weighted by molar-refractivity contribution is 5.91. The van der Waals surface area contributed by atoms with Crippen molar-refractivity contribution in [3.63, 3.8) is 0 Å². The second kappa shape index (κ2) is 6.67. The van der Waals surface area contributed by atoms with Crippen LogP contribution in [-0.2, 0) is 28.6 Å². The molecule has 0 aliphatic rings. The molecule has 1 amide bonds. The Labute approximate surface area is 151 Å². The van der Waals surface area contributed by atoms with E-state index in [1.165, 1.54) is 17.1 Å². The van der Waals surface area contributed by atoms with Crippen LogP contribution in [0.5, 0.6) is 0 Å². The number of aryl methyl sites for hydroxylation is 2. The Morgan fingerprint density at radius 3 is 2.69 bits per heavy atom. The molecule has 0 atom stereocenters. The molecular weight excluding hydrogens is 332 g/mol. The molecule has 0 saturated heterocycles. The average Bonchev–Trinajstić information content (AvgIpc) is 3.19. The smallest absolute Gasteiger partial charge is 0.331 e. The summed E-state index contributed by atoms with van der Waals surface area (Å²) in [6.45, 7) is 3.10. The summed E-state index contributed by atoms with van der Waals surface area (Å²) in [6.07, 6.45) is 6.00. The quantitative estimate of drug-likeness (QED) is 0.712. The van der Waals surface area contributed by atoms with Gasteiger partial charge in [0.15, 0.2) is 5.54 Å². The van der Waals surface area contributed by atoms with E-state index in [2.05, 4.69) is 27.1 Å². The summed E-state index contributed by atoms with van der Waals surface area (Å²) in [5, 5.41) is 17.2. The molecule has 0 fully saturated rings. The van der Waals surface area contributed by atoms with Gasteiger partial charge in [-0.15, -0.1) is 0 Å². The first kappa shape index (κ1) is 17.7. The molecule has 0 aliphatic carbocycles. The number of carbonyl (C=O) groups excluding carboxylic acids is 1. The van der Waals surface area contributed by atoms with E-state index in [4.69, 9.17) is 0 Å². The number of benzene rings is 1. The standard InChI is InChI=1S/C19H22N4O3/c1-19(2,18(25)26)23-12-14(10-20-23)21-17(24)9-8-13-11-22(3)16-7-5-4-6-15(13)16/h4-7,10-12H,8-9H2,1-3H3,(H,21,24)(H,25,26). The summed E-state index contributed by atoms with van der Waals surface area (Å²) < 4.78 is 3.39. The molecule has 0 spiro atoms. The number of carbonyl (C=O) groups is 2. The van der Waals surface area contributed by atoms with Gasteiger partial charge in [-0.25, -0.2) is 4.79 Å². The molecule has 0 saturated carbocycles. The molecule has 7 nitrogen and oxygen atoms in total. The Bertz CT molecular complexity index is 968. The van der Waals surface area contributed by atoms with Crippen LogP contribution in [0, 0.1) is 0 Å². The van der Waals surface area contributed by atoms with E-state index in [1.54, 1.807) is 13.8 Å². The monoisotopic (exact) mass is 354 g/mol. The fraction of sp³-hybridized carbons (Fsp3) is 0.316. The molecule has 3 rings (SSSR count). The van der Waals surface area contributed by atoms with E-state index in [9.17, 15) is 14.7 Å². The summed E-state index contributed by atoms with van der Waals surface area (Å²) >= 11 is 0.